The molecule has 2 rings (SSSR count). The van der Waals surface area contributed by atoms with E-state index in [9.17, 15) is 0 Å². The van der Waals surface area contributed by atoms with E-state index in [1.54, 1.807) is 0 Å². The molecule has 1 aromatic rings. The van der Waals surface area contributed by atoms with Gasteiger partial charge in [-0.15, -0.1) is 0 Å². The largest absolute Gasteiger partial charge is 0.314 e. The smallest absolute Gasteiger partial charge is 0.00984 e. The molecule has 1 aromatic carbocycles. The first-order valence-electron chi connectivity index (χ1n) is 8.89. The maximum atomic E-state index is 3.78. The van der Waals surface area contributed by atoms with E-state index in [4.69, 9.17) is 0 Å². The molecular formula is C20H33N. The predicted octanol–water partition coefficient (Wildman–Crippen LogP) is 4.98. The van der Waals surface area contributed by atoms with Gasteiger partial charge in [-0.2, -0.15) is 0 Å². The van der Waals surface area contributed by atoms with Crippen LogP contribution in [0, 0.1) is 24.7 Å². The van der Waals surface area contributed by atoms with Crippen LogP contribution in [0.25, 0.3) is 0 Å². The van der Waals surface area contributed by atoms with Crippen molar-refractivity contribution >= 4 is 0 Å². The Morgan fingerprint density at radius 3 is 2.57 bits per heavy atom. The normalized spacial score (nSPS) is 27.5. The summed E-state index contributed by atoms with van der Waals surface area (Å²) in [7, 11) is 0. The summed E-state index contributed by atoms with van der Waals surface area (Å²) in [6.07, 6.45) is 6.73. The molecule has 1 aliphatic carbocycles. The van der Waals surface area contributed by atoms with Gasteiger partial charge in [0.1, 0.15) is 0 Å². The van der Waals surface area contributed by atoms with Gasteiger partial charge in [0.05, 0.1) is 0 Å². The fraction of sp³-hybridized carbons (Fsp3) is 0.700. The van der Waals surface area contributed by atoms with Crippen LogP contribution in [0.15, 0.2) is 24.3 Å². The second-order valence-corrected chi connectivity index (χ2v) is 7.16. The van der Waals surface area contributed by atoms with Gasteiger partial charge in [-0.05, 0) is 68.0 Å². The summed E-state index contributed by atoms with van der Waals surface area (Å²) in [5.74, 6) is 2.68. The van der Waals surface area contributed by atoms with Crippen LogP contribution >= 0.6 is 0 Å². The highest BCUT2D eigenvalue weighted by atomic mass is 14.9. The van der Waals surface area contributed by atoms with E-state index in [1.807, 2.05) is 0 Å². The zero-order valence-corrected chi connectivity index (χ0v) is 14.4. The Balaban J connectivity index is 1.94. The molecule has 0 aromatic heterocycles. The van der Waals surface area contributed by atoms with Gasteiger partial charge in [0.25, 0.3) is 0 Å². The summed E-state index contributed by atoms with van der Waals surface area (Å²) < 4.78 is 0. The van der Waals surface area contributed by atoms with Crippen LogP contribution < -0.4 is 5.32 Å². The highest BCUT2D eigenvalue weighted by Gasteiger charge is 2.29. The summed E-state index contributed by atoms with van der Waals surface area (Å²) in [6.45, 7) is 10.5. The molecule has 0 spiro atoms. The first-order chi connectivity index (χ1) is 10.1. The van der Waals surface area contributed by atoms with Crippen molar-refractivity contribution in [3.05, 3.63) is 35.4 Å². The maximum absolute atomic E-state index is 3.78. The number of hydrogen-bond donors (Lipinski definition) is 1. The van der Waals surface area contributed by atoms with Crippen LogP contribution in [0.5, 0.6) is 0 Å². The van der Waals surface area contributed by atoms with Crippen LogP contribution in [0.4, 0.5) is 0 Å². The fourth-order valence-corrected chi connectivity index (χ4v) is 3.92. The first kappa shape index (κ1) is 16.5. The average molecular weight is 287 g/mol. The lowest BCUT2D eigenvalue weighted by molar-refractivity contribution is 0.167. The third-order valence-corrected chi connectivity index (χ3v) is 5.66. The van der Waals surface area contributed by atoms with E-state index < -0.39 is 0 Å². The van der Waals surface area contributed by atoms with E-state index in [-0.39, 0.29) is 0 Å². The van der Waals surface area contributed by atoms with E-state index in [2.05, 4.69) is 57.3 Å². The molecule has 0 aliphatic heterocycles. The van der Waals surface area contributed by atoms with Crippen molar-refractivity contribution < 1.29 is 0 Å². The molecule has 1 nitrogen and oxygen atoms in total. The molecule has 1 fully saturated rings. The van der Waals surface area contributed by atoms with Crippen LogP contribution in [-0.2, 0) is 6.42 Å². The molecule has 0 radical (unpaired) electrons. The topological polar surface area (TPSA) is 12.0 Å². The third-order valence-electron chi connectivity index (χ3n) is 5.66. The minimum atomic E-state index is 0.699. The quantitative estimate of drug-likeness (QED) is 0.778. The molecule has 1 heteroatoms. The minimum absolute atomic E-state index is 0.699. The monoisotopic (exact) mass is 287 g/mol. The Kier molecular flexibility index (Phi) is 6.29. The minimum Gasteiger partial charge on any atom is -0.314 e. The van der Waals surface area contributed by atoms with Crippen molar-refractivity contribution in [3.8, 4) is 0 Å². The van der Waals surface area contributed by atoms with Crippen molar-refractivity contribution in [3.63, 3.8) is 0 Å². The molecule has 1 N–H and O–H groups in total. The SMILES string of the molecule is CCNC(CCc1ccccc1C)C1CCC(C)C(C)C1. The Hall–Kier alpha value is -0.820. The Labute approximate surface area is 131 Å². The average Bonchev–Trinajstić information content (AvgIpc) is 2.48. The van der Waals surface area contributed by atoms with Crippen molar-refractivity contribution in [1.82, 2.24) is 5.32 Å². The van der Waals surface area contributed by atoms with Gasteiger partial charge in [0.15, 0.2) is 0 Å². The van der Waals surface area contributed by atoms with Crippen molar-refractivity contribution in [2.24, 2.45) is 17.8 Å². The standard InChI is InChI=1S/C20H33N/c1-5-21-20(19-11-10-15(2)17(4)14-19)13-12-18-9-7-6-8-16(18)3/h6-9,15,17,19-21H,5,10-14H2,1-4H3. The Bertz CT molecular complexity index is 426. The van der Waals surface area contributed by atoms with Gasteiger partial charge in [0.2, 0.25) is 0 Å². The summed E-state index contributed by atoms with van der Waals surface area (Å²) in [5.41, 5.74) is 2.97. The van der Waals surface area contributed by atoms with Crippen LogP contribution in [0.1, 0.15) is 57.6 Å². The molecule has 0 bridgehead atoms. The maximum Gasteiger partial charge on any atom is 0.00984 e. The van der Waals surface area contributed by atoms with Gasteiger partial charge in [-0.25, -0.2) is 0 Å². The summed E-state index contributed by atoms with van der Waals surface area (Å²) in [4.78, 5) is 0. The van der Waals surface area contributed by atoms with Crippen molar-refractivity contribution in [2.75, 3.05) is 6.54 Å². The van der Waals surface area contributed by atoms with E-state index in [1.165, 1.54) is 43.2 Å². The van der Waals surface area contributed by atoms with Gasteiger partial charge < -0.3 is 5.32 Å². The molecule has 4 atom stereocenters. The van der Waals surface area contributed by atoms with Crippen molar-refractivity contribution in [2.45, 2.75) is 65.8 Å². The van der Waals surface area contributed by atoms with E-state index in [0.717, 1.165) is 24.3 Å². The second-order valence-electron chi connectivity index (χ2n) is 7.16. The molecule has 1 saturated carbocycles. The van der Waals surface area contributed by atoms with Crippen LogP contribution in [-0.4, -0.2) is 12.6 Å². The molecule has 118 valence electrons. The third kappa shape index (κ3) is 4.57. The predicted molar refractivity (Wildman–Crippen MR) is 92.6 cm³/mol. The van der Waals surface area contributed by atoms with Crippen molar-refractivity contribution in [1.29, 1.82) is 0 Å². The molecule has 0 heterocycles. The van der Waals surface area contributed by atoms with Crippen LogP contribution in [0.3, 0.4) is 0 Å². The van der Waals surface area contributed by atoms with Gasteiger partial charge >= 0.3 is 0 Å². The highest BCUT2D eigenvalue weighted by molar-refractivity contribution is 5.25. The Morgan fingerprint density at radius 2 is 1.90 bits per heavy atom. The number of hydrogen-bond acceptors (Lipinski definition) is 1. The van der Waals surface area contributed by atoms with Gasteiger partial charge in [0, 0.05) is 6.04 Å². The summed E-state index contributed by atoms with van der Waals surface area (Å²) in [6, 6.07) is 9.55. The number of benzene rings is 1. The lowest BCUT2D eigenvalue weighted by Crippen LogP contribution is -2.40. The molecule has 21 heavy (non-hydrogen) atoms. The van der Waals surface area contributed by atoms with E-state index in [0.29, 0.717) is 6.04 Å². The number of nitrogens with one attached hydrogen (secondary N) is 1. The molecule has 0 amide bonds. The lowest BCUT2D eigenvalue weighted by Gasteiger charge is -2.37. The zero-order chi connectivity index (χ0) is 15.2. The summed E-state index contributed by atoms with van der Waals surface area (Å²) in [5, 5.41) is 3.78. The van der Waals surface area contributed by atoms with E-state index >= 15 is 0 Å². The number of aryl methyl sites for hydroxylation is 2. The first-order valence-corrected chi connectivity index (χ1v) is 8.89. The zero-order valence-electron chi connectivity index (χ0n) is 14.4. The second kappa shape index (κ2) is 7.98. The van der Waals surface area contributed by atoms with Gasteiger partial charge in [-0.3, -0.25) is 0 Å². The molecule has 1 aliphatic rings. The number of rotatable bonds is 6. The Morgan fingerprint density at radius 1 is 1.14 bits per heavy atom. The molecule has 4 unspecified atom stereocenters. The highest BCUT2D eigenvalue weighted by Crippen LogP contribution is 2.36. The van der Waals surface area contributed by atoms with Crippen LogP contribution in [0.2, 0.25) is 0 Å². The molecular weight excluding hydrogens is 254 g/mol. The van der Waals surface area contributed by atoms with Gasteiger partial charge in [-0.1, -0.05) is 51.5 Å². The molecule has 0 saturated heterocycles. The fourth-order valence-electron chi connectivity index (χ4n) is 3.92. The summed E-state index contributed by atoms with van der Waals surface area (Å²) >= 11 is 0. The lowest BCUT2D eigenvalue weighted by atomic mass is 9.72.